The van der Waals surface area contributed by atoms with E-state index in [2.05, 4.69) is 15.0 Å². The highest BCUT2D eigenvalue weighted by atomic mass is 35.5. The molecule has 116 valence electrons. The van der Waals surface area contributed by atoms with E-state index in [-0.39, 0.29) is 5.02 Å². The average Bonchev–Trinajstić information content (AvgIpc) is 2.64. The molecular weight excluding hydrogens is 325 g/mol. The molecule has 2 aromatic carbocycles. The Hall–Kier alpha value is -2.85. The fourth-order valence-electron chi connectivity index (χ4n) is 2.51. The van der Waals surface area contributed by atoms with Crippen LogP contribution in [0.15, 0.2) is 66.9 Å². The Morgan fingerprint density at radius 3 is 2.50 bits per heavy atom. The van der Waals surface area contributed by atoms with Crippen LogP contribution >= 0.6 is 11.6 Å². The van der Waals surface area contributed by atoms with Gasteiger partial charge in [-0.05, 0) is 30.3 Å². The van der Waals surface area contributed by atoms with Gasteiger partial charge >= 0.3 is 0 Å². The number of halogens is 2. The lowest BCUT2D eigenvalue weighted by Gasteiger charge is -2.06. The van der Waals surface area contributed by atoms with Gasteiger partial charge in [-0.25, -0.2) is 19.3 Å². The summed E-state index contributed by atoms with van der Waals surface area (Å²) in [6, 6.07) is 17.9. The third-order valence-electron chi connectivity index (χ3n) is 3.69. The number of nitrogens with zero attached hydrogens (tertiary/aromatic N) is 3. The number of pyridine rings is 1. The molecule has 0 saturated heterocycles. The fourth-order valence-corrected chi connectivity index (χ4v) is 2.68. The van der Waals surface area contributed by atoms with Crippen LogP contribution < -0.4 is 0 Å². The van der Waals surface area contributed by atoms with Gasteiger partial charge in [-0.15, -0.1) is 0 Å². The first-order valence-electron chi connectivity index (χ1n) is 7.36. The van der Waals surface area contributed by atoms with Crippen LogP contribution in [0.3, 0.4) is 0 Å². The lowest BCUT2D eigenvalue weighted by Crippen LogP contribution is -1.95. The van der Waals surface area contributed by atoms with E-state index in [1.54, 1.807) is 36.5 Å². The molecule has 0 amide bonds. The number of hydrogen-bond donors (Lipinski definition) is 0. The van der Waals surface area contributed by atoms with Crippen LogP contribution in [-0.2, 0) is 0 Å². The van der Waals surface area contributed by atoms with Crippen LogP contribution in [0.1, 0.15) is 0 Å². The average molecular weight is 336 g/mol. The summed E-state index contributed by atoms with van der Waals surface area (Å²) in [7, 11) is 0. The smallest absolute Gasteiger partial charge is 0.178 e. The minimum atomic E-state index is -0.483. The monoisotopic (exact) mass is 335 g/mol. The van der Waals surface area contributed by atoms with Crippen molar-refractivity contribution < 1.29 is 4.39 Å². The summed E-state index contributed by atoms with van der Waals surface area (Å²) < 4.78 is 14.2. The first-order valence-corrected chi connectivity index (χ1v) is 7.74. The van der Waals surface area contributed by atoms with E-state index in [4.69, 9.17) is 11.6 Å². The van der Waals surface area contributed by atoms with Crippen molar-refractivity contribution in [2.24, 2.45) is 0 Å². The standard InChI is InChI=1S/C19H11ClFN3/c20-14-7-3-6-13(18(14)21)16-9-4-10-17(23-16)19-22-11-12-5-1-2-8-15(12)24-19/h1-11H. The zero-order chi connectivity index (χ0) is 16.5. The van der Waals surface area contributed by atoms with Gasteiger partial charge in [0.15, 0.2) is 11.6 Å². The maximum Gasteiger partial charge on any atom is 0.178 e. The highest BCUT2D eigenvalue weighted by Gasteiger charge is 2.12. The Morgan fingerprint density at radius 1 is 0.792 bits per heavy atom. The Morgan fingerprint density at radius 2 is 1.58 bits per heavy atom. The highest BCUT2D eigenvalue weighted by molar-refractivity contribution is 6.31. The zero-order valence-corrected chi connectivity index (χ0v) is 13.2. The van der Waals surface area contributed by atoms with Gasteiger partial charge in [-0.3, -0.25) is 0 Å². The SMILES string of the molecule is Fc1c(Cl)cccc1-c1cccc(-c2ncc3ccccc3n2)n1. The van der Waals surface area contributed by atoms with Crippen LogP contribution in [0.25, 0.3) is 33.7 Å². The van der Waals surface area contributed by atoms with Gasteiger partial charge in [-0.1, -0.05) is 41.9 Å². The summed E-state index contributed by atoms with van der Waals surface area (Å²) in [6.45, 7) is 0. The molecule has 5 heteroatoms. The molecule has 0 radical (unpaired) electrons. The van der Waals surface area contributed by atoms with Crippen LogP contribution in [-0.4, -0.2) is 15.0 Å². The van der Waals surface area contributed by atoms with Crippen molar-refractivity contribution >= 4 is 22.5 Å². The summed E-state index contributed by atoms with van der Waals surface area (Å²) in [5.41, 5.74) is 2.26. The molecule has 0 aliphatic carbocycles. The molecule has 0 spiro atoms. The first kappa shape index (κ1) is 14.7. The quantitative estimate of drug-likeness (QED) is 0.508. The molecule has 4 rings (SSSR count). The summed E-state index contributed by atoms with van der Waals surface area (Å²) >= 11 is 5.86. The number of para-hydroxylation sites is 1. The Balaban J connectivity index is 1.83. The van der Waals surface area contributed by atoms with E-state index in [9.17, 15) is 4.39 Å². The van der Waals surface area contributed by atoms with Crippen LogP contribution in [0.5, 0.6) is 0 Å². The predicted molar refractivity (Wildman–Crippen MR) is 93.2 cm³/mol. The van der Waals surface area contributed by atoms with E-state index >= 15 is 0 Å². The third kappa shape index (κ3) is 2.61. The molecule has 0 aliphatic heterocycles. The number of fused-ring (bicyclic) bond motifs is 1. The van der Waals surface area contributed by atoms with Crippen molar-refractivity contribution in [2.75, 3.05) is 0 Å². The van der Waals surface area contributed by atoms with Crippen molar-refractivity contribution in [2.45, 2.75) is 0 Å². The van der Waals surface area contributed by atoms with Crippen LogP contribution in [0, 0.1) is 5.82 Å². The molecule has 4 aromatic rings. The molecule has 0 N–H and O–H groups in total. The van der Waals surface area contributed by atoms with E-state index in [0.717, 1.165) is 10.9 Å². The van der Waals surface area contributed by atoms with Crippen LogP contribution in [0.2, 0.25) is 5.02 Å². The second-order valence-corrected chi connectivity index (χ2v) is 5.67. The normalized spacial score (nSPS) is 10.9. The van der Waals surface area contributed by atoms with E-state index in [1.165, 1.54) is 6.07 Å². The van der Waals surface area contributed by atoms with Gasteiger partial charge in [-0.2, -0.15) is 0 Å². The van der Waals surface area contributed by atoms with E-state index in [1.807, 2.05) is 24.3 Å². The minimum absolute atomic E-state index is 0.0710. The van der Waals surface area contributed by atoms with Crippen molar-refractivity contribution in [3.05, 3.63) is 77.7 Å². The zero-order valence-electron chi connectivity index (χ0n) is 12.4. The molecule has 0 saturated carbocycles. The second-order valence-electron chi connectivity index (χ2n) is 5.26. The number of rotatable bonds is 2. The molecule has 0 aliphatic rings. The Kier molecular flexibility index (Phi) is 3.67. The van der Waals surface area contributed by atoms with Gasteiger partial charge in [0.25, 0.3) is 0 Å². The molecule has 0 unspecified atom stereocenters. The summed E-state index contributed by atoms with van der Waals surface area (Å²) in [5.74, 6) is 0.0150. The summed E-state index contributed by atoms with van der Waals surface area (Å²) in [6.07, 6.45) is 1.76. The number of aromatic nitrogens is 3. The summed E-state index contributed by atoms with van der Waals surface area (Å²) in [4.78, 5) is 13.4. The predicted octanol–water partition coefficient (Wildman–Crippen LogP) is 5.15. The molecule has 24 heavy (non-hydrogen) atoms. The van der Waals surface area contributed by atoms with Gasteiger partial charge < -0.3 is 0 Å². The Bertz CT molecular complexity index is 1050. The lowest BCUT2D eigenvalue weighted by molar-refractivity contribution is 0.631. The van der Waals surface area contributed by atoms with E-state index in [0.29, 0.717) is 22.8 Å². The van der Waals surface area contributed by atoms with Gasteiger partial charge in [0.05, 0.1) is 16.2 Å². The number of hydrogen-bond acceptors (Lipinski definition) is 3. The van der Waals surface area contributed by atoms with Crippen molar-refractivity contribution in [1.82, 2.24) is 15.0 Å². The molecule has 0 atom stereocenters. The maximum atomic E-state index is 14.2. The molecule has 2 heterocycles. The molecule has 0 fully saturated rings. The van der Waals surface area contributed by atoms with Crippen molar-refractivity contribution in [3.8, 4) is 22.8 Å². The van der Waals surface area contributed by atoms with Gasteiger partial charge in [0.1, 0.15) is 5.69 Å². The second kappa shape index (κ2) is 5.98. The van der Waals surface area contributed by atoms with Gasteiger partial charge in [0, 0.05) is 17.1 Å². The topological polar surface area (TPSA) is 38.7 Å². The van der Waals surface area contributed by atoms with Crippen LogP contribution in [0.4, 0.5) is 4.39 Å². The van der Waals surface area contributed by atoms with Crippen molar-refractivity contribution in [1.29, 1.82) is 0 Å². The van der Waals surface area contributed by atoms with E-state index < -0.39 is 5.82 Å². The first-order chi connectivity index (χ1) is 11.7. The summed E-state index contributed by atoms with van der Waals surface area (Å²) in [5, 5.41) is 1.03. The maximum absolute atomic E-state index is 14.2. The third-order valence-corrected chi connectivity index (χ3v) is 3.99. The molecule has 2 aromatic heterocycles. The highest BCUT2D eigenvalue weighted by Crippen LogP contribution is 2.27. The Labute approximate surface area is 142 Å². The van der Waals surface area contributed by atoms with Crippen molar-refractivity contribution in [3.63, 3.8) is 0 Å². The van der Waals surface area contributed by atoms with Gasteiger partial charge in [0.2, 0.25) is 0 Å². The molecular formula is C19H11ClFN3. The molecule has 3 nitrogen and oxygen atoms in total. The minimum Gasteiger partial charge on any atom is -0.244 e. The molecule has 0 bridgehead atoms. The number of benzene rings is 2. The fraction of sp³-hybridized carbons (Fsp3) is 0. The lowest BCUT2D eigenvalue weighted by atomic mass is 10.1. The largest absolute Gasteiger partial charge is 0.244 e.